The quantitative estimate of drug-likeness (QED) is 0.689. The van der Waals surface area contributed by atoms with Gasteiger partial charge in [0.1, 0.15) is 6.07 Å². The molecule has 0 aliphatic heterocycles. The largest absolute Gasteiger partial charge is 0.447 e. The maximum absolute atomic E-state index is 11.1. The van der Waals surface area contributed by atoms with Crippen LogP contribution in [0, 0.1) is 34.5 Å². The van der Waals surface area contributed by atoms with Crippen LogP contribution in [0.2, 0.25) is 0 Å². The maximum atomic E-state index is 11.1. The Labute approximate surface area is 102 Å². The first-order valence-corrected chi connectivity index (χ1v) is 6.68. The van der Waals surface area contributed by atoms with Gasteiger partial charge in [-0.3, -0.25) is 4.79 Å². The van der Waals surface area contributed by atoms with Crippen molar-refractivity contribution in [1.29, 1.82) is 5.26 Å². The van der Waals surface area contributed by atoms with Gasteiger partial charge in [-0.05, 0) is 56.3 Å². The summed E-state index contributed by atoms with van der Waals surface area (Å²) in [6.45, 7) is 1.41. The molecule has 4 bridgehead atoms. The zero-order valence-electron chi connectivity index (χ0n) is 10.3. The number of hydrogen-bond acceptors (Lipinski definition) is 3. The SMILES string of the molecule is CC(=O)OC(C#N)C12CC3CC(CC(C3)C1)C2. The van der Waals surface area contributed by atoms with Crippen LogP contribution in [0.25, 0.3) is 0 Å². The minimum atomic E-state index is -0.506. The van der Waals surface area contributed by atoms with Gasteiger partial charge < -0.3 is 4.74 Å². The number of rotatable bonds is 2. The third-order valence-electron chi connectivity index (χ3n) is 5.04. The molecule has 4 saturated carbocycles. The summed E-state index contributed by atoms with van der Waals surface area (Å²) in [5.41, 5.74) is -0.00479. The van der Waals surface area contributed by atoms with Gasteiger partial charge in [-0.2, -0.15) is 5.26 Å². The molecule has 3 nitrogen and oxygen atoms in total. The minimum Gasteiger partial charge on any atom is -0.447 e. The molecule has 17 heavy (non-hydrogen) atoms. The molecular formula is C14H19NO2. The predicted octanol–water partition coefficient (Wildman–Crippen LogP) is 2.66. The van der Waals surface area contributed by atoms with E-state index in [-0.39, 0.29) is 11.4 Å². The molecule has 0 aromatic rings. The number of carbonyl (C=O) groups excluding carboxylic acids is 1. The van der Waals surface area contributed by atoms with Crippen molar-refractivity contribution in [3.63, 3.8) is 0 Å². The highest BCUT2D eigenvalue weighted by Crippen LogP contribution is 2.61. The van der Waals surface area contributed by atoms with Gasteiger partial charge in [0.2, 0.25) is 0 Å². The molecule has 4 rings (SSSR count). The summed E-state index contributed by atoms with van der Waals surface area (Å²) >= 11 is 0. The standard InChI is InChI=1S/C14H19NO2/c1-9(16)17-13(8-15)14-5-10-2-11(6-14)4-12(3-10)7-14/h10-13H,2-7H2,1H3. The van der Waals surface area contributed by atoms with Gasteiger partial charge in [0.05, 0.1) is 0 Å². The van der Waals surface area contributed by atoms with Crippen molar-refractivity contribution in [1.82, 2.24) is 0 Å². The lowest BCUT2D eigenvalue weighted by Gasteiger charge is -2.57. The van der Waals surface area contributed by atoms with Gasteiger partial charge in [-0.25, -0.2) is 0 Å². The molecule has 3 heteroatoms. The number of ether oxygens (including phenoxy) is 1. The highest BCUT2D eigenvalue weighted by molar-refractivity contribution is 5.66. The third kappa shape index (κ3) is 1.74. The summed E-state index contributed by atoms with van der Waals surface area (Å²) in [6.07, 6.45) is 6.83. The molecule has 0 heterocycles. The smallest absolute Gasteiger partial charge is 0.303 e. The fraction of sp³-hybridized carbons (Fsp3) is 0.857. The van der Waals surface area contributed by atoms with E-state index in [9.17, 15) is 10.1 Å². The molecule has 0 aromatic heterocycles. The van der Waals surface area contributed by atoms with Gasteiger partial charge in [-0.15, -0.1) is 0 Å². The molecular weight excluding hydrogens is 214 g/mol. The van der Waals surface area contributed by atoms with Gasteiger partial charge in [-0.1, -0.05) is 0 Å². The molecule has 1 atom stereocenters. The van der Waals surface area contributed by atoms with E-state index in [1.54, 1.807) is 0 Å². The normalized spacial score (nSPS) is 44.1. The summed E-state index contributed by atoms with van der Waals surface area (Å²) in [6, 6.07) is 2.25. The second kappa shape index (κ2) is 3.73. The van der Waals surface area contributed by atoms with Crippen LogP contribution in [-0.4, -0.2) is 12.1 Å². The number of carbonyl (C=O) groups is 1. The molecule has 0 radical (unpaired) electrons. The van der Waals surface area contributed by atoms with Crippen LogP contribution in [0.3, 0.4) is 0 Å². The van der Waals surface area contributed by atoms with Gasteiger partial charge >= 0.3 is 5.97 Å². The van der Waals surface area contributed by atoms with Gasteiger partial charge in [0.15, 0.2) is 6.10 Å². The summed E-state index contributed by atoms with van der Waals surface area (Å²) in [5.74, 6) is 2.04. The monoisotopic (exact) mass is 233 g/mol. The number of nitriles is 1. The number of nitrogens with zero attached hydrogens (tertiary/aromatic N) is 1. The maximum Gasteiger partial charge on any atom is 0.303 e. The lowest BCUT2D eigenvalue weighted by atomic mass is 9.48. The van der Waals surface area contributed by atoms with Crippen LogP contribution < -0.4 is 0 Å². The summed E-state index contributed by atoms with van der Waals surface area (Å²) in [7, 11) is 0. The average Bonchev–Trinajstić information content (AvgIpc) is 2.23. The zero-order valence-corrected chi connectivity index (χ0v) is 10.3. The molecule has 0 N–H and O–H groups in total. The van der Waals surface area contributed by atoms with E-state index >= 15 is 0 Å². The van der Waals surface area contributed by atoms with E-state index in [0.29, 0.717) is 0 Å². The molecule has 0 aromatic carbocycles. The number of hydrogen-bond donors (Lipinski definition) is 0. The zero-order chi connectivity index (χ0) is 12.0. The fourth-order valence-electron chi connectivity index (χ4n) is 4.95. The lowest BCUT2D eigenvalue weighted by molar-refractivity contribution is -0.162. The molecule has 4 aliphatic carbocycles. The summed E-state index contributed by atoms with van der Waals surface area (Å²) < 4.78 is 5.28. The topological polar surface area (TPSA) is 50.1 Å². The van der Waals surface area contributed by atoms with Crippen LogP contribution in [0.1, 0.15) is 45.4 Å². The van der Waals surface area contributed by atoms with Crippen LogP contribution in [0.5, 0.6) is 0 Å². The van der Waals surface area contributed by atoms with Crippen molar-refractivity contribution in [2.24, 2.45) is 23.2 Å². The molecule has 92 valence electrons. The highest BCUT2D eigenvalue weighted by Gasteiger charge is 2.55. The van der Waals surface area contributed by atoms with Crippen LogP contribution in [0.15, 0.2) is 0 Å². The first-order chi connectivity index (χ1) is 8.11. The Morgan fingerprint density at radius 3 is 2.06 bits per heavy atom. The first kappa shape index (κ1) is 11.1. The van der Waals surface area contributed by atoms with Crippen LogP contribution >= 0.6 is 0 Å². The van der Waals surface area contributed by atoms with Crippen LogP contribution in [0.4, 0.5) is 0 Å². The van der Waals surface area contributed by atoms with E-state index in [1.807, 2.05) is 0 Å². The van der Waals surface area contributed by atoms with Crippen LogP contribution in [-0.2, 0) is 9.53 Å². The first-order valence-electron chi connectivity index (χ1n) is 6.68. The van der Waals surface area contributed by atoms with E-state index in [0.717, 1.165) is 37.0 Å². The van der Waals surface area contributed by atoms with E-state index in [4.69, 9.17) is 4.74 Å². The summed E-state index contributed by atoms with van der Waals surface area (Å²) in [5, 5.41) is 9.31. The van der Waals surface area contributed by atoms with E-state index < -0.39 is 6.10 Å². The Balaban J connectivity index is 1.85. The Hall–Kier alpha value is -1.04. The van der Waals surface area contributed by atoms with Crippen molar-refractivity contribution >= 4 is 5.97 Å². The van der Waals surface area contributed by atoms with E-state index in [1.165, 1.54) is 26.2 Å². The molecule has 4 fully saturated rings. The Morgan fingerprint density at radius 2 is 1.71 bits per heavy atom. The second-order valence-corrected chi connectivity index (χ2v) is 6.40. The fourth-order valence-corrected chi connectivity index (χ4v) is 4.95. The highest BCUT2D eigenvalue weighted by atomic mass is 16.5. The third-order valence-corrected chi connectivity index (χ3v) is 5.04. The average molecular weight is 233 g/mol. The molecule has 0 spiro atoms. The number of esters is 1. The van der Waals surface area contributed by atoms with Crippen molar-refractivity contribution in [3.8, 4) is 6.07 Å². The summed E-state index contributed by atoms with van der Waals surface area (Å²) in [4.78, 5) is 11.1. The molecule has 1 unspecified atom stereocenters. The van der Waals surface area contributed by atoms with Gasteiger partial charge in [0.25, 0.3) is 0 Å². The predicted molar refractivity (Wildman–Crippen MR) is 61.8 cm³/mol. The Morgan fingerprint density at radius 1 is 1.24 bits per heavy atom. The van der Waals surface area contributed by atoms with Gasteiger partial charge in [0, 0.05) is 12.3 Å². The van der Waals surface area contributed by atoms with Crippen molar-refractivity contribution in [2.45, 2.75) is 51.6 Å². The Bertz CT molecular complexity index is 347. The van der Waals surface area contributed by atoms with E-state index in [2.05, 4.69) is 6.07 Å². The van der Waals surface area contributed by atoms with Crippen molar-refractivity contribution in [3.05, 3.63) is 0 Å². The molecule has 0 amide bonds. The molecule has 4 aliphatic rings. The second-order valence-electron chi connectivity index (χ2n) is 6.40. The Kier molecular flexibility index (Phi) is 2.43. The lowest BCUT2D eigenvalue weighted by Crippen LogP contribution is -2.52. The molecule has 0 saturated heterocycles. The minimum absolute atomic E-state index is 0.00479. The van der Waals surface area contributed by atoms with Crippen molar-refractivity contribution < 1.29 is 9.53 Å². The van der Waals surface area contributed by atoms with Crippen molar-refractivity contribution in [2.75, 3.05) is 0 Å².